The van der Waals surface area contributed by atoms with E-state index in [0.29, 0.717) is 17.4 Å². The number of amidine groups is 1. The molecule has 0 bridgehead atoms. The van der Waals surface area contributed by atoms with E-state index in [0.717, 1.165) is 11.3 Å². The molecule has 1 fully saturated rings. The Morgan fingerprint density at radius 2 is 1.89 bits per heavy atom. The Kier molecular flexibility index (Phi) is 6.30. The number of ether oxygens (including phenoxy) is 1. The predicted octanol–water partition coefficient (Wildman–Crippen LogP) is 3.10. The number of nitrogens with zero attached hydrogens (tertiary/aromatic N) is 2. The van der Waals surface area contributed by atoms with Gasteiger partial charge < -0.3 is 10.1 Å². The minimum atomic E-state index is -0.544. The van der Waals surface area contributed by atoms with Crippen LogP contribution in [0.1, 0.15) is 12.0 Å². The summed E-state index contributed by atoms with van der Waals surface area (Å²) in [5.41, 5.74) is 1.44. The number of hydrogen-bond acceptors (Lipinski definition) is 5. The highest BCUT2D eigenvalue weighted by molar-refractivity contribution is 8.15. The first-order valence-corrected chi connectivity index (χ1v) is 9.54. The number of benzene rings is 2. The Labute approximate surface area is 166 Å². The summed E-state index contributed by atoms with van der Waals surface area (Å²) in [6.45, 7) is 0.320. The quantitative estimate of drug-likeness (QED) is 0.808. The molecule has 0 radical (unpaired) electrons. The number of hydrogen-bond donors (Lipinski definition) is 1. The highest BCUT2D eigenvalue weighted by atomic mass is 32.2. The van der Waals surface area contributed by atoms with E-state index in [-0.39, 0.29) is 24.1 Å². The second-order valence-corrected chi connectivity index (χ2v) is 7.30. The first kappa shape index (κ1) is 19.9. The van der Waals surface area contributed by atoms with Gasteiger partial charge in [-0.1, -0.05) is 23.9 Å². The molecule has 3 rings (SSSR count). The van der Waals surface area contributed by atoms with E-state index < -0.39 is 5.25 Å². The summed E-state index contributed by atoms with van der Waals surface area (Å²) in [6, 6.07) is 13.1. The zero-order valence-electron chi connectivity index (χ0n) is 15.5. The van der Waals surface area contributed by atoms with Crippen LogP contribution in [0.2, 0.25) is 0 Å². The third-order valence-electron chi connectivity index (χ3n) is 4.22. The van der Waals surface area contributed by atoms with Gasteiger partial charge in [0.15, 0.2) is 5.17 Å². The number of thioether (sulfide) groups is 1. The molecule has 1 heterocycles. The molecule has 0 saturated carbocycles. The van der Waals surface area contributed by atoms with Gasteiger partial charge in [0.25, 0.3) is 0 Å². The maximum absolute atomic E-state index is 13.2. The number of rotatable bonds is 6. The molecule has 2 amide bonds. The minimum absolute atomic E-state index is 0.0710. The van der Waals surface area contributed by atoms with Crippen molar-refractivity contribution in [2.24, 2.45) is 4.99 Å². The van der Waals surface area contributed by atoms with E-state index in [1.807, 2.05) is 24.3 Å². The molecule has 1 N–H and O–H groups in total. The third-order valence-corrected chi connectivity index (χ3v) is 5.40. The number of methoxy groups -OCH3 is 1. The van der Waals surface area contributed by atoms with Crippen LogP contribution in [0.15, 0.2) is 53.5 Å². The zero-order chi connectivity index (χ0) is 20.1. The minimum Gasteiger partial charge on any atom is -0.497 e. The molecule has 2 aromatic rings. The Morgan fingerprint density at radius 1 is 1.21 bits per heavy atom. The molecule has 28 heavy (non-hydrogen) atoms. The fourth-order valence-electron chi connectivity index (χ4n) is 2.68. The Morgan fingerprint density at radius 3 is 2.50 bits per heavy atom. The summed E-state index contributed by atoms with van der Waals surface area (Å²) in [5, 5.41) is 2.49. The van der Waals surface area contributed by atoms with Gasteiger partial charge in [-0.05, 0) is 42.0 Å². The van der Waals surface area contributed by atoms with Crippen molar-refractivity contribution < 1.29 is 18.7 Å². The number of amides is 2. The maximum atomic E-state index is 13.2. The lowest BCUT2D eigenvalue weighted by atomic mass is 10.2. The average Bonchev–Trinajstić information content (AvgIpc) is 2.99. The molecular formula is C20H20FN3O3S. The van der Waals surface area contributed by atoms with Crippen LogP contribution in [-0.4, -0.2) is 41.3 Å². The largest absolute Gasteiger partial charge is 0.497 e. The van der Waals surface area contributed by atoms with Gasteiger partial charge in [0, 0.05) is 13.5 Å². The van der Waals surface area contributed by atoms with E-state index in [9.17, 15) is 14.0 Å². The normalized spacial score (nSPS) is 17.8. The zero-order valence-corrected chi connectivity index (χ0v) is 16.3. The van der Waals surface area contributed by atoms with Gasteiger partial charge in [-0.25, -0.2) is 9.38 Å². The fourth-order valence-corrected chi connectivity index (χ4v) is 3.84. The molecule has 1 saturated heterocycles. The van der Waals surface area contributed by atoms with Gasteiger partial charge in [0.2, 0.25) is 11.8 Å². The van der Waals surface area contributed by atoms with Gasteiger partial charge in [0.05, 0.1) is 19.3 Å². The highest BCUT2D eigenvalue weighted by Gasteiger charge is 2.39. The molecule has 0 aliphatic carbocycles. The van der Waals surface area contributed by atoms with E-state index >= 15 is 0 Å². The molecule has 0 spiro atoms. The van der Waals surface area contributed by atoms with E-state index in [1.54, 1.807) is 24.1 Å². The summed E-state index contributed by atoms with van der Waals surface area (Å²) in [7, 11) is 3.13. The van der Waals surface area contributed by atoms with Crippen LogP contribution in [0, 0.1) is 5.82 Å². The van der Waals surface area contributed by atoms with Gasteiger partial charge in [-0.3, -0.25) is 14.5 Å². The number of carbonyl (C=O) groups excluding carboxylic acids is 2. The van der Waals surface area contributed by atoms with Crippen molar-refractivity contribution in [1.82, 2.24) is 10.2 Å². The van der Waals surface area contributed by atoms with Crippen LogP contribution < -0.4 is 10.1 Å². The Hall–Kier alpha value is -2.87. The topological polar surface area (TPSA) is 71.0 Å². The Balaban J connectivity index is 1.87. The monoisotopic (exact) mass is 401 g/mol. The fraction of sp³-hybridized carbons (Fsp3) is 0.250. The number of carbonyl (C=O) groups is 2. The lowest BCUT2D eigenvalue weighted by Gasteiger charge is -2.17. The van der Waals surface area contributed by atoms with Crippen molar-refractivity contribution in [3.8, 4) is 5.75 Å². The molecule has 2 aromatic carbocycles. The van der Waals surface area contributed by atoms with Crippen molar-refractivity contribution >= 4 is 34.4 Å². The van der Waals surface area contributed by atoms with E-state index in [2.05, 4.69) is 10.3 Å². The first-order chi connectivity index (χ1) is 13.5. The van der Waals surface area contributed by atoms with Crippen molar-refractivity contribution in [3.05, 3.63) is 59.9 Å². The van der Waals surface area contributed by atoms with Crippen molar-refractivity contribution in [1.29, 1.82) is 0 Å². The van der Waals surface area contributed by atoms with Gasteiger partial charge >= 0.3 is 0 Å². The van der Waals surface area contributed by atoms with E-state index in [4.69, 9.17) is 4.74 Å². The SMILES string of the molecule is CNC(=O)C[C@@H]1SC(=Nc2ccc(F)cc2)N(Cc2ccc(OC)cc2)C1=O. The molecule has 1 aliphatic heterocycles. The predicted molar refractivity (Wildman–Crippen MR) is 107 cm³/mol. The summed E-state index contributed by atoms with van der Waals surface area (Å²) >= 11 is 1.24. The number of halogens is 1. The van der Waals surface area contributed by atoms with Crippen LogP contribution in [0.4, 0.5) is 10.1 Å². The molecule has 0 aromatic heterocycles. The van der Waals surface area contributed by atoms with Crippen LogP contribution >= 0.6 is 11.8 Å². The van der Waals surface area contributed by atoms with Crippen molar-refractivity contribution in [2.75, 3.05) is 14.2 Å². The lowest BCUT2D eigenvalue weighted by Crippen LogP contribution is -2.33. The van der Waals surface area contributed by atoms with Gasteiger partial charge in [-0.15, -0.1) is 0 Å². The van der Waals surface area contributed by atoms with Crippen molar-refractivity contribution in [3.63, 3.8) is 0 Å². The number of aliphatic imine (C=N–C) groups is 1. The third kappa shape index (κ3) is 4.69. The summed E-state index contributed by atoms with van der Waals surface area (Å²) in [4.78, 5) is 30.7. The standard InChI is InChI=1S/C20H20FN3O3S/c1-22-18(25)11-17-19(26)24(12-13-3-9-16(27-2)10-4-13)20(28-17)23-15-7-5-14(21)6-8-15/h3-10,17H,11-12H2,1-2H3,(H,22,25)/t17-/m0/s1. The highest BCUT2D eigenvalue weighted by Crippen LogP contribution is 2.33. The molecule has 0 unspecified atom stereocenters. The molecule has 146 valence electrons. The molecular weight excluding hydrogens is 381 g/mol. The van der Waals surface area contributed by atoms with Gasteiger partial charge in [0.1, 0.15) is 16.8 Å². The average molecular weight is 401 g/mol. The van der Waals surface area contributed by atoms with Crippen LogP contribution in [0.3, 0.4) is 0 Å². The molecule has 6 nitrogen and oxygen atoms in total. The molecule has 1 aliphatic rings. The first-order valence-electron chi connectivity index (χ1n) is 8.66. The summed E-state index contributed by atoms with van der Waals surface area (Å²) in [6.07, 6.45) is 0.0710. The maximum Gasteiger partial charge on any atom is 0.242 e. The van der Waals surface area contributed by atoms with Crippen LogP contribution in [0.5, 0.6) is 5.75 Å². The number of nitrogens with one attached hydrogen (secondary N) is 1. The van der Waals surface area contributed by atoms with Crippen molar-refractivity contribution in [2.45, 2.75) is 18.2 Å². The second-order valence-electron chi connectivity index (χ2n) is 6.13. The molecule has 8 heteroatoms. The summed E-state index contributed by atoms with van der Waals surface area (Å²) < 4.78 is 18.3. The van der Waals surface area contributed by atoms with Gasteiger partial charge in [-0.2, -0.15) is 0 Å². The Bertz CT molecular complexity index is 885. The summed E-state index contributed by atoms with van der Waals surface area (Å²) in [5.74, 6) is -0.0150. The molecule has 1 atom stereocenters. The van der Waals surface area contributed by atoms with E-state index in [1.165, 1.54) is 30.9 Å². The van der Waals surface area contributed by atoms with Crippen LogP contribution in [0.25, 0.3) is 0 Å². The lowest BCUT2D eigenvalue weighted by molar-refractivity contribution is -0.129. The van der Waals surface area contributed by atoms with Crippen LogP contribution in [-0.2, 0) is 16.1 Å². The second kappa shape index (κ2) is 8.88. The smallest absolute Gasteiger partial charge is 0.242 e.